The van der Waals surface area contributed by atoms with Gasteiger partial charge >= 0.3 is 0 Å². The van der Waals surface area contributed by atoms with Gasteiger partial charge in [-0.3, -0.25) is 0 Å². The number of rotatable bonds is 7. The van der Waals surface area contributed by atoms with Crippen molar-refractivity contribution in [2.45, 2.75) is 44.6 Å². The van der Waals surface area contributed by atoms with Crippen molar-refractivity contribution in [3.63, 3.8) is 0 Å². The highest BCUT2D eigenvalue weighted by Gasteiger charge is 2.14. The molecule has 5 nitrogen and oxygen atoms in total. The molecule has 0 radical (unpaired) electrons. The van der Waals surface area contributed by atoms with E-state index in [0.29, 0.717) is 6.04 Å². The maximum Gasteiger partial charge on any atom is 0.198 e. The lowest BCUT2D eigenvalue weighted by Gasteiger charge is -2.13. The second-order valence-corrected chi connectivity index (χ2v) is 7.09. The molecule has 1 aliphatic heterocycles. The Morgan fingerprint density at radius 3 is 2.74 bits per heavy atom. The molecule has 1 fully saturated rings. The summed E-state index contributed by atoms with van der Waals surface area (Å²) in [7, 11) is 0. The summed E-state index contributed by atoms with van der Waals surface area (Å²) in [6.45, 7) is 1.83. The van der Waals surface area contributed by atoms with E-state index in [-0.39, 0.29) is 0 Å². The Morgan fingerprint density at radius 2 is 1.96 bits per heavy atom. The summed E-state index contributed by atoms with van der Waals surface area (Å²) in [6.07, 6.45) is 13.7. The molecule has 0 saturated carbocycles. The zero-order chi connectivity index (χ0) is 18.3. The molecule has 0 unspecified atom stereocenters. The number of nitrogens with zero attached hydrogens (tertiary/aromatic N) is 1. The van der Waals surface area contributed by atoms with Gasteiger partial charge in [0.1, 0.15) is 30.1 Å². The van der Waals surface area contributed by atoms with Crippen LogP contribution in [0.5, 0.6) is 11.5 Å². The smallest absolute Gasteiger partial charge is 0.198 e. The Kier molecular flexibility index (Phi) is 5.89. The summed E-state index contributed by atoms with van der Waals surface area (Å²) in [5.41, 5.74) is 1.32. The van der Waals surface area contributed by atoms with Crippen molar-refractivity contribution in [1.29, 1.82) is 0 Å². The van der Waals surface area contributed by atoms with E-state index in [9.17, 15) is 0 Å². The molecular formula is C22H26N2O3. The first-order chi connectivity index (χ1) is 13.3. The van der Waals surface area contributed by atoms with E-state index < -0.39 is 0 Å². The first-order valence-electron chi connectivity index (χ1n) is 9.76. The average Bonchev–Trinajstić information content (AvgIpc) is 3.35. The quantitative estimate of drug-likeness (QED) is 0.786. The van der Waals surface area contributed by atoms with E-state index in [4.69, 9.17) is 13.9 Å². The van der Waals surface area contributed by atoms with Crippen LogP contribution in [0.3, 0.4) is 0 Å². The van der Waals surface area contributed by atoms with Crippen molar-refractivity contribution in [3.8, 4) is 11.5 Å². The molecule has 142 valence electrons. The molecule has 5 heteroatoms. The minimum atomic E-state index is 0.481. The van der Waals surface area contributed by atoms with E-state index in [1.165, 1.54) is 18.4 Å². The number of hydrogen-bond acceptors (Lipinski definition) is 5. The van der Waals surface area contributed by atoms with Gasteiger partial charge in [0.05, 0.1) is 6.20 Å². The summed E-state index contributed by atoms with van der Waals surface area (Å²) in [5.74, 6) is 3.49. The molecule has 1 saturated heterocycles. The Balaban J connectivity index is 1.31. The fraction of sp³-hybridized carbons (Fsp3) is 0.409. The number of benzene rings is 1. The van der Waals surface area contributed by atoms with Crippen LogP contribution in [0.15, 0.2) is 64.6 Å². The largest absolute Gasteiger partial charge is 0.492 e. The normalized spacial score (nSPS) is 19.9. The van der Waals surface area contributed by atoms with E-state index in [1.807, 2.05) is 24.3 Å². The molecule has 4 rings (SSSR count). The number of nitrogens with one attached hydrogen (secondary N) is 1. The van der Waals surface area contributed by atoms with Crippen LogP contribution >= 0.6 is 0 Å². The van der Waals surface area contributed by atoms with Crippen molar-refractivity contribution in [1.82, 2.24) is 10.3 Å². The van der Waals surface area contributed by atoms with Crippen molar-refractivity contribution in [3.05, 3.63) is 66.1 Å². The molecule has 1 aromatic carbocycles. The molecule has 27 heavy (non-hydrogen) atoms. The zero-order valence-electron chi connectivity index (χ0n) is 15.5. The molecular weight excluding hydrogens is 340 g/mol. The number of hydrogen-bond donors (Lipinski definition) is 1. The van der Waals surface area contributed by atoms with Crippen molar-refractivity contribution < 1.29 is 13.9 Å². The van der Waals surface area contributed by atoms with Gasteiger partial charge in [0.2, 0.25) is 0 Å². The molecule has 2 aliphatic rings. The van der Waals surface area contributed by atoms with Gasteiger partial charge < -0.3 is 19.2 Å². The van der Waals surface area contributed by atoms with Gasteiger partial charge in [-0.2, -0.15) is 0 Å². The third kappa shape index (κ3) is 5.23. The fourth-order valence-electron chi connectivity index (χ4n) is 3.49. The van der Waals surface area contributed by atoms with Crippen LogP contribution in [0.25, 0.3) is 0 Å². The number of oxazole rings is 1. The summed E-state index contributed by atoms with van der Waals surface area (Å²) in [6, 6.07) is 8.38. The van der Waals surface area contributed by atoms with Gasteiger partial charge in [0.15, 0.2) is 5.89 Å². The minimum absolute atomic E-state index is 0.481. The summed E-state index contributed by atoms with van der Waals surface area (Å²) < 4.78 is 17.3. The maximum absolute atomic E-state index is 6.06. The van der Waals surface area contributed by atoms with Crippen molar-refractivity contribution >= 4 is 0 Å². The lowest BCUT2D eigenvalue weighted by Crippen LogP contribution is -2.28. The fourth-order valence-corrected chi connectivity index (χ4v) is 3.49. The van der Waals surface area contributed by atoms with Crippen LogP contribution < -0.4 is 14.8 Å². The van der Waals surface area contributed by atoms with Gasteiger partial charge in [-0.25, -0.2) is 4.98 Å². The van der Waals surface area contributed by atoms with E-state index >= 15 is 0 Å². The molecule has 0 bridgehead atoms. The standard InChI is InChI=1S/C22H26N2O3/c1-3-17(15-22-24-13-14-25-22)6-7-20(5-1)27-21-10-8-19(9-11-21)26-16-18-4-2-12-23-18/h6-11,13-14,18,23H,1-5,12,15-16H2/t18-/m1/s1. The van der Waals surface area contributed by atoms with Crippen LogP contribution in [0.4, 0.5) is 0 Å². The Labute approximate surface area is 160 Å². The molecule has 2 aromatic rings. The highest BCUT2D eigenvalue weighted by atomic mass is 16.5. The molecule has 1 N–H and O–H groups in total. The lowest BCUT2D eigenvalue weighted by molar-refractivity contribution is 0.277. The Morgan fingerprint density at radius 1 is 1.07 bits per heavy atom. The summed E-state index contributed by atoms with van der Waals surface area (Å²) >= 11 is 0. The molecule has 1 aliphatic carbocycles. The highest BCUT2D eigenvalue weighted by molar-refractivity contribution is 5.33. The first-order valence-corrected chi connectivity index (χ1v) is 9.76. The molecule has 1 atom stereocenters. The van der Waals surface area contributed by atoms with Crippen LogP contribution in [-0.4, -0.2) is 24.2 Å². The predicted molar refractivity (Wildman–Crippen MR) is 104 cm³/mol. The van der Waals surface area contributed by atoms with E-state index in [2.05, 4.69) is 22.5 Å². The summed E-state index contributed by atoms with van der Waals surface area (Å²) in [4.78, 5) is 4.20. The van der Waals surface area contributed by atoms with E-state index in [1.54, 1.807) is 12.5 Å². The van der Waals surface area contributed by atoms with Gasteiger partial charge in [-0.1, -0.05) is 11.6 Å². The lowest BCUT2D eigenvalue weighted by atomic mass is 10.1. The number of aromatic nitrogens is 1. The molecule has 0 spiro atoms. The zero-order valence-corrected chi connectivity index (χ0v) is 15.5. The number of ether oxygens (including phenoxy) is 2. The second kappa shape index (κ2) is 8.91. The Hall–Kier alpha value is -2.53. The van der Waals surface area contributed by atoms with Crippen molar-refractivity contribution in [2.75, 3.05) is 13.2 Å². The van der Waals surface area contributed by atoms with Gasteiger partial charge in [-0.15, -0.1) is 0 Å². The van der Waals surface area contributed by atoms with E-state index in [0.717, 1.165) is 62.0 Å². The SMILES string of the molecule is C1=C(Cc2ncco2)CCCC(Oc2ccc(OC[C@H]3CCCN3)cc2)=C1. The first kappa shape index (κ1) is 17.9. The third-order valence-corrected chi connectivity index (χ3v) is 4.97. The van der Waals surface area contributed by atoms with Gasteiger partial charge in [-0.05, 0) is 62.6 Å². The average molecular weight is 366 g/mol. The predicted octanol–water partition coefficient (Wildman–Crippen LogP) is 4.42. The van der Waals surface area contributed by atoms with Gasteiger partial charge in [0.25, 0.3) is 0 Å². The molecule has 2 heterocycles. The van der Waals surface area contributed by atoms with Crippen molar-refractivity contribution in [2.24, 2.45) is 0 Å². The third-order valence-electron chi connectivity index (χ3n) is 4.97. The number of allylic oxidation sites excluding steroid dienone is 4. The monoisotopic (exact) mass is 366 g/mol. The molecule has 1 aromatic heterocycles. The summed E-state index contributed by atoms with van der Waals surface area (Å²) in [5, 5.41) is 3.44. The highest BCUT2D eigenvalue weighted by Crippen LogP contribution is 2.25. The van der Waals surface area contributed by atoms with Gasteiger partial charge in [0, 0.05) is 18.9 Å². The topological polar surface area (TPSA) is 56.5 Å². The van der Waals surface area contributed by atoms with Crippen LogP contribution in [0, 0.1) is 0 Å². The van der Waals surface area contributed by atoms with Crippen LogP contribution in [0.1, 0.15) is 38.0 Å². The van der Waals surface area contributed by atoms with Crippen LogP contribution in [0.2, 0.25) is 0 Å². The maximum atomic E-state index is 6.06. The Bertz CT molecular complexity index is 772. The minimum Gasteiger partial charge on any atom is -0.492 e. The van der Waals surface area contributed by atoms with Crippen LogP contribution in [-0.2, 0) is 6.42 Å². The molecule has 0 amide bonds. The second-order valence-electron chi connectivity index (χ2n) is 7.09.